The van der Waals surface area contributed by atoms with Gasteiger partial charge in [-0.1, -0.05) is 31.2 Å². The van der Waals surface area contributed by atoms with Crippen molar-refractivity contribution in [2.75, 3.05) is 6.67 Å². The summed E-state index contributed by atoms with van der Waals surface area (Å²) in [5.74, 6) is -0.929. The number of allylic oxidation sites excluding steroid dienone is 4. The van der Waals surface area contributed by atoms with Gasteiger partial charge in [0.1, 0.15) is 5.60 Å². The van der Waals surface area contributed by atoms with Gasteiger partial charge in [-0.3, -0.25) is 0 Å². The Bertz CT molecular complexity index is 670. The molecule has 0 radical (unpaired) electrons. The zero-order valence-corrected chi connectivity index (χ0v) is 16.5. The van der Waals surface area contributed by atoms with Crippen LogP contribution in [0.5, 0.6) is 0 Å². The molecule has 0 aliphatic carbocycles. The summed E-state index contributed by atoms with van der Waals surface area (Å²) in [7, 11) is 0. The van der Waals surface area contributed by atoms with Crippen molar-refractivity contribution in [3.8, 4) is 0 Å². The van der Waals surface area contributed by atoms with Crippen LogP contribution in [0, 0.1) is 0 Å². The number of carboxylic acid groups (broad SMARTS) is 1. The summed E-state index contributed by atoms with van der Waals surface area (Å²) in [6.45, 7) is 7.77. The molecule has 1 aromatic carbocycles. The summed E-state index contributed by atoms with van der Waals surface area (Å²) in [6, 6.07) is 6.86. The minimum absolute atomic E-state index is 0.263. The standard InChI is InChI=1S/C21H30N2O4/c1-5-6-7-8-18(22-15-23-20(26)27-21(2,3)4)14-11-16-9-12-17(13-10-16)19(24)25/h6-10,12-13,22H,5,11,14-15H2,1-4H3,(H,23,26)(H,24,25)/b7-6-,18-8-. The number of hydrogen-bond donors (Lipinski definition) is 3. The van der Waals surface area contributed by atoms with E-state index >= 15 is 0 Å². The number of benzene rings is 1. The van der Waals surface area contributed by atoms with Crippen molar-refractivity contribution in [3.63, 3.8) is 0 Å². The molecule has 1 aromatic rings. The smallest absolute Gasteiger partial charge is 0.409 e. The van der Waals surface area contributed by atoms with Crippen molar-refractivity contribution in [2.45, 2.75) is 52.6 Å². The first-order valence-electron chi connectivity index (χ1n) is 9.10. The van der Waals surface area contributed by atoms with Crippen LogP contribution in [-0.4, -0.2) is 29.4 Å². The Labute approximate surface area is 161 Å². The van der Waals surface area contributed by atoms with E-state index in [0.717, 1.165) is 30.5 Å². The number of ether oxygens (including phenoxy) is 1. The van der Waals surface area contributed by atoms with Gasteiger partial charge in [-0.2, -0.15) is 0 Å². The summed E-state index contributed by atoms with van der Waals surface area (Å²) in [5, 5.41) is 14.8. The summed E-state index contributed by atoms with van der Waals surface area (Å²) in [4.78, 5) is 22.6. The Morgan fingerprint density at radius 2 is 1.81 bits per heavy atom. The van der Waals surface area contributed by atoms with Crippen LogP contribution in [-0.2, 0) is 11.2 Å². The van der Waals surface area contributed by atoms with Crippen molar-refractivity contribution >= 4 is 12.1 Å². The average molecular weight is 374 g/mol. The molecule has 0 fully saturated rings. The Hall–Kier alpha value is -2.76. The van der Waals surface area contributed by atoms with E-state index in [1.807, 2.05) is 51.1 Å². The quantitative estimate of drug-likeness (QED) is 0.444. The molecule has 0 aliphatic heterocycles. The molecule has 0 unspecified atom stereocenters. The molecule has 0 aromatic heterocycles. The number of aromatic carboxylic acids is 1. The van der Waals surface area contributed by atoms with E-state index in [-0.39, 0.29) is 12.2 Å². The first-order valence-corrected chi connectivity index (χ1v) is 9.10. The van der Waals surface area contributed by atoms with Gasteiger partial charge < -0.3 is 20.5 Å². The van der Waals surface area contributed by atoms with Crippen LogP contribution in [0.2, 0.25) is 0 Å². The predicted molar refractivity (Wildman–Crippen MR) is 107 cm³/mol. The summed E-state index contributed by atoms with van der Waals surface area (Å²) in [6.07, 6.45) is 7.96. The number of amides is 1. The third-order valence-electron chi connectivity index (χ3n) is 3.50. The summed E-state index contributed by atoms with van der Waals surface area (Å²) < 4.78 is 5.21. The highest BCUT2D eigenvalue weighted by atomic mass is 16.6. The maximum absolute atomic E-state index is 11.7. The SMILES string of the molecule is CC/C=C\C=C(\CCc1ccc(C(=O)O)cc1)NCNC(=O)OC(C)(C)C. The molecule has 0 aliphatic rings. The number of rotatable bonds is 9. The Morgan fingerprint density at radius 3 is 2.37 bits per heavy atom. The maximum Gasteiger partial charge on any atom is 0.409 e. The highest BCUT2D eigenvalue weighted by molar-refractivity contribution is 5.87. The molecule has 0 bridgehead atoms. The molecule has 27 heavy (non-hydrogen) atoms. The van der Waals surface area contributed by atoms with Gasteiger partial charge in [0.25, 0.3) is 0 Å². The Morgan fingerprint density at radius 1 is 1.15 bits per heavy atom. The van der Waals surface area contributed by atoms with Crippen LogP contribution in [0.1, 0.15) is 56.5 Å². The lowest BCUT2D eigenvalue weighted by molar-refractivity contribution is 0.0524. The average Bonchev–Trinajstić information content (AvgIpc) is 2.58. The molecule has 6 nitrogen and oxygen atoms in total. The molecule has 0 heterocycles. The normalized spacial score (nSPS) is 12.1. The third-order valence-corrected chi connectivity index (χ3v) is 3.50. The van der Waals surface area contributed by atoms with Crippen LogP contribution in [0.25, 0.3) is 0 Å². The molecule has 1 amide bonds. The van der Waals surface area contributed by atoms with Crippen LogP contribution in [0.3, 0.4) is 0 Å². The molecular formula is C21H30N2O4. The first kappa shape index (κ1) is 22.3. The third kappa shape index (κ3) is 10.1. The number of nitrogens with one attached hydrogen (secondary N) is 2. The van der Waals surface area contributed by atoms with Crippen molar-refractivity contribution in [3.05, 3.63) is 59.3 Å². The predicted octanol–water partition coefficient (Wildman–Crippen LogP) is 4.24. The fourth-order valence-corrected chi connectivity index (χ4v) is 2.19. The summed E-state index contributed by atoms with van der Waals surface area (Å²) in [5.41, 5.74) is 1.76. The topological polar surface area (TPSA) is 87.7 Å². The van der Waals surface area contributed by atoms with Gasteiger partial charge in [-0.15, -0.1) is 0 Å². The number of alkyl carbamates (subject to hydrolysis) is 1. The fraction of sp³-hybridized carbons (Fsp3) is 0.429. The molecule has 0 saturated carbocycles. The van der Waals surface area contributed by atoms with Gasteiger partial charge in [0, 0.05) is 5.70 Å². The second-order valence-corrected chi connectivity index (χ2v) is 7.06. The molecule has 6 heteroatoms. The lowest BCUT2D eigenvalue weighted by Crippen LogP contribution is -2.37. The van der Waals surface area contributed by atoms with Crippen molar-refractivity contribution < 1.29 is 19.4 Å². The van der Waals surface area contributed by atoms with Crippen LogP contribution >= 0.6 is 0 Å². The second-order valence-electron chi connectivity index (χ2n) is 7.06. The van der Waals surface area contributed by atoms with Crippen LogP contribution in [0.4, 0.5) is 4.79 Å². The fourth-order valence-electron chi connectivity index (χ4n) is 2.19. The monoisotopic (exact) mass is 374 g/mol. The van der Waals surface area contributed by atoms with Gasteiger partial charge in [-0.25, -0.2) is 9.59 Å². The van der Waals surface area contributed by atoms with Gasteiger partial charge in [0.2, 0.25) is 0 Å². The molecule has 148 valence electrons. The molecule has 1 rings (SSSR count). The molecular weight excluding hydrogens is 344 g/mol. The van der Waals surface area contributed by atoms with Crippen LogP contribution in [0.15, 0.2) is 48.2 Å². The van der Waals surface area contributed by atoms with Crippen molar-refractivity contribution in [1.82, 2.24) is 10.6 Å². The van der Waals surface area contributed by atoms with E-state index in [1.54, 1.807) is 12.1 Å². The highest BCUT2D eigenvalue weighted by Crippen LogP contribution is 2.10. The van der Waals surface area contributed by atoms with E-state index in [0.29, 0.717) is 0 Å². The van der Waals surface area contributed by atoms with Gasteiger partial charge in [0.05, 0.1) is 12.2 Å². The Kier molecular flexibility index (Phi) is 9.13. The molecule has 0 atom stereocenters. The second kappa shape index (κ2) is 11.1. The lowest BCUT2D eigenvalue weighted by Gasteiger charge is -2.20. The zero-order valence-electron chi connectivity index (χ0n) is 16.5. The minimum Gasteiger partial charge on any atom is -0.478 e. The van der Waals surface area contributed by atoms with E-state index in [9.17, 15) is 9.59 Å². The number of carbonyl (C=O) groups excluding carboxylic acids is 1. The van der Waals surface area contributed by atoms with E-state index in [4.69, 9.17) is 9.84 Å². The zero-order chi connectivity index (χ0) is 20.3. The highest BCUT2D eigenvalue weighted by Gasteiger charge is 2.15. The lowest BCUT2D eigenvalue weighted by atomic mass is 10.1. The van der Waals surface area contributed by atoms with E-state index in [2.05, 4.69) is 17.6 Å². The Balaban J connectivity index is 2.58. The number of hydrogen-bond acceptors (Lipinski definition) is 4. The minimum atomic E-state index is -0.929. The van der Waals surface area contributed by atoms with Gasteiger partial charge in [0.15, 0.2) is 0 Å². The van der Waals surface area contributed by atoms with E-state index in [1.165, 1.54) is 0 Å². The maximum atomic E-state index is 11.7. The van der Waals surface area contributed by atoms with E-state index < -0.39 is 17.7 Å². The van der Waals surface area contributed by atoms with Crippen molar-refractivity contribution in [1.29, 1.82) is 0 Å². The number of carbonyl (C=O) groups is 2. The molecule has 3 N–H and O–H groups in total. The van der Waals surface area contributed by atoms with Crippen molar-refractivity contribution in [2.24, 2.45) is 0 Å². The largest absolute Gasteiger partial charge is 0.478 e. The van der Waals surface area contributed by atoms with Gasteiger partial charge >= 0.3 is 12.1 Å². The van der Waals surface area contributed by atoms with Gasteiger partial charge in [-0.05, 0) is 63.8 Å². The first-order chi connectivity index (χ1) is 12.7. The molecule has 0 saturated heterocycles. The number of aryl methyl sites for hydroxylation is 1. The summed E-state index contributed by atoms with van der Waals surface area (Å²) >= 11 is 0. The van der Waals surface area contributed by atoms with Crippen LogP contribution < -0.4 is 10.6 Å². The number of carboxylic acids is 1. The molecule has 0 spiro atoms.